The van der Waals surface area contributed by atoms with Crippen LogP contribution in [0.3, 0.4) is 0 Å². The minimum atomic E-state index is -0.308. The normalized spacial score (nSPS) is 14.4. The van der Waals surface area contributed by atoms with Gasteiger partial charge < -0.3 is 15.0 Å². The van der Waals surface area contributed by atoms with Gasteiger partial charge in [0.2, 0.25) is 0 Å². The van der Waals surface area contributed by atoms with Gasteiger partial charge in [0.05, 0.1) is 13.2 Å². The van der Waals surface area contributed by atoms with Crippen LogP contribution in [0.1, 0.15) is 21.5 Å². The summed E-state index contributed by atoms with van der Waals surface area (Å²) in [4.78, 5) is 28.4. The molecule has 0 saturated carbocycles. The summed E-state index contributed by atoms with van der Waals surface area (Å²) in [6.45, 7) is 3.94. The molecule has 170 valence electrons. The molecular formula is C29H26N2O3. The van der Waals surface area contributed by atoms with Crippen LogP contribution in [0.15, 0.2) is 84.6 Å². The first-order chi connectivity index (χ1) is 16.6. The zero-order valence-electron chi connectivity index (χ0n) is 19.1. The first-order valence-corrected chi connectivity index (χ1v) is 11.5. The zero-order chi connectivity index (χ0) is 23.5. The third-order valence-electron chi connectivity index (χ3n) is 6.19. The molecule has 5 nitrogen and oxygen atoms in total. The third-order valence-corrected chi connectivity index (χ3v) is 6.19. The fraction of sp³-hybridized carbons (Fsp3) is 0.172. The Bertz CT molecular complexity index is 1350. The molecule has 0 bridgehead atoms. The molecule has 4 aromatic rings. The van der Waals surface area contributed by atoms with Gasteiger partial charge in [0.15, 0.2) is 0 Å². The van der Waals surface area contributed by atoms with Crippen molar-refractivity contribution in [3.05, 3.63) is 101 Å². The van der Waals surface area contributed by atoms with Crippen LogP contribution in [-0.4, -0.2) is 43.0 Å². The molecule has 1 aliphatic rings. The van der Waals surface area contributed by atoms with Crippen LogP contribution in [0.2, 0.25) is 0 Å². The molecule has 1 aliphatic heterocycles. The molecule has 5 rings (SSSR count). The van der Waals surface area contributed by atoms with Gasteiger partial charge in [-0.2, -0.15) is 0 Å². The smallest absolute Gasteiger partial charge is 0.270 e. The number of amides is 2. The van der Waals surface area contributed by atoms with Gasteiger partial charge in [-0.05, 0) is 58.3 Å². The van der Waals surface area contributed by atoms with Gasteiger partial charge in [-0.25, -0.2) is 0 Å². The van der Waals surface area contributed by atoms with E-state index in [1.165, 1.54) is 0 Å². The minimum Gasteiger partial charge on any atom is -0.378 e. The lowest BCUT2D eigenvalue weighted by Crippen LogP contribution is -2.44. The summed E-state index contributed by atoms with van der Waals surface area (Å²) in [5, 5.41) is 7.13. The molecule has 1 saturated heterocycles. The van der Waals surface area contributed by atoms with E-state index in [2.05, 4.69) is 23.5 Å². The van der Waals surface area contributed by atoms with Crippen molar-refractivity contribution >= 4 is 39.4 Å². The van der Waals surface area contributed by atoms with Crippen molar-refractivity contribution in [3.63, 3.8) is 0 Å². The van der Waals surface area contributed by atoms with Crippen LogP contribution in [-0.2, 0) is 9.53 Å². The summed E-state index contributed by atoms with van der Waals surface area (Å²) in [5.41, 5.74) is 2.75. The van der Waals surface area contributed by atoms with E-state index < -0.39 is 0 Å². The maximum absolute atomic E-state index is 13.6. The summed E-state index contributed by atoms with van der Waals surface area (Å²) in [6, 6.07) is 25.7. The highest BCUT2D eigenvalue weighted by Gasteiger charge is 2.23. The predicted octanol–water partition coefficient (Wildman–Crippen LogP) is 4.93. The largest absolute Gasteiger partial charge is 0.378 e. The number of ether oxygens (including phenoxy) is 1. The van der Waals surface area contributed by atoms with Crippen molar-refractivity contribution in [1.82, 2.24) is 10.2 Å². The van der Waals surface area contributed by atoms with E-state index in [0.29, 0.717) is 31.9 Å². The number of nitrogens with zero attached hydrogens (tertiary/aromatic N) is 1. The molecule has 0 aromatic heterocycles. The first kappa shape index (κ1) is 21.9. The Balaban J connectivity index is 1.64. The summed E-state index contributed by atoms with van der Waals surface area (Å²) < 4.78 is 5.42. The maximum Gasteiger partial charge on any atom is 0.270 e. The number of fused-ring (bicyclic) bond motifs is 2. The van der Waals surface area contributed by atoms with Crippen LogP contribution in [0.5, 0.6) is 0 Å². The van der Waals surface area contributed by atoms with Gasteiger partial charge in [-0.15, -0.1) is 0 Å². The average Bonchev–Trinajstić information content (AvgIpc) is 2.88. The monoisotopic (exact) mass is 450 g/mol. The van der Waals surface area contributed by atoms with E-state index in [4.69, 9.17) is 4.74 Å². The van der Waals surface area contributed by atoms with E-state index in [9.17, 15) is 9.59 Å². The highest BCUT2D eigenvalue weighted by molar-refractivity contribution is 6.11. The lowest BCUT2D eigenvalue weighted by molar-refractivity contribution is -0.131. The Hall–Kier alpha value is -3.96. The quantitative estimate of drug-likeness (QED) is 0.354. The van der Waals surface area contributed by atoms with Gasteiger partial charge in [-0.3, -0.25) is 9.59 Å². The zero-order valence-corrected chi connectivity index (χ0v) is 19.1. The van der Waals surface area contributed by atoms with E-state index in [0.717, 1.165) is 32.7 Å². The van der Waals surface area contributed by atoms with Gasteiger partial charge >= 0.3 is 0 Å². The topological polar surface area (TPSA) is 58.6 Å². The number of morpholine rings is 1. The first-order valence-electron chi connectivity index (χ1n) is 11.5. The van der Waals surface area contributed by atoms with Gasteiger partial charge in [-0.1, -0.05) is 66.2 Å². The summed E-state index contributed by atoms with van der Waals surface area (Å²) in [5.74, 6) is -0.516. The second-order valence-electron chi connectivity index (χ2n) is 8.52. The molecule has 1 N–H and O–H groups in total. The Labute approximate surface area is 198 Å². The fourth-order valence-electron chi connectivity index (χ4n) is 4.34. The Kier molecular flexibility index (Phi) is 6.11. The van der Waals surface area contributed by atoms with Crippen molar-refractivity contribution in [1.29, 1.82) is 0 Å². The lowest BCUT2D eigenvalue weighted by atomic mass is 9.96. The molecule has 1 fully saturated rings. The van der Waals surface area contributed by atoms with E-state index >= 15 is 0 Å². The van der Waals surface area contributed by atoms with Crippen LogP contribution >= 0.6 is 0 Å². The SMILES string of the molecule is Cc1ccc(C(=O)N/C(=C\c2c3ccccc3cc3ccccc23)C(=O)N2CCOCC2)cc1. The second-order valence-corrected chi connectivity index (χ2v) is 8.52. The molecule has 0 atom stereocenters. The minimum absolute atomic E-state index is 0.208. The van der Waals surface area contributed by atoms with Crippen LogP contribution < -0.4 is 5.32 Å². The number of nitrogens with one attached hydrogen (secondary N) is 1. The Morgan fingerprint density at radius 2 is 1.44 bits per heavy atom. The van der Waals surface area contributed by atoms with Crippen molar-refractivity contribution in [2.24, 2.45) is 0 Å². The number of rotatable bonds is 4. The van der Waals surface area contributed by atoms with Gasteiger partial charge in [0.25, 0.3) is 11.8 Å². The number of hydrogen-bond acceptors (Lipinski definition) is 3. The van der Waals surface area contributed by atoms with Crippen LogP contribution in [0.25, 0.3) is 27.6 Å². The molecule has 34 heavy (non-hydrogen) atoms. The van der Waals surface area contributed by atoms with E-state index in [1.54, 1.807) is 17.0 Å². The lowest BCUT2D eigenvalue weighted by Gasteiger charge is -2.28. The molecule has 0 aliphatic carbocycles. The third kappa shape index (κ3) is 4.43. The number of hydrogen-bond donors (Lipinski definition) is 1. The number of carbonyl (C=O) groups is 2. The molecule has 0 radical (unpaired) electrons. The van der Waals surface area contributed by atoms with Gasteiger partial charge in [0, 0.05) is 18.7 Å². The maximum atomic E-state index is 13.6. The molecule has 4 aromatic carbocycles. The highest BCUT2D eigenvalue weighted by atomic mass is 16.5. The fourth-order valence-corrected chi connectivity index (χ4v) is 4.34. The Morgan fingerprint density at radius 1 is 0.853 bits per heavy atom. The van der Waals surface area contributed by atoms with E-state index in [1.807, 2.05) is 61.5 Å². The number of aryl methyl sites for hydroxylation is 1. The second kappa shape index (κ2) is 9.49. The van der Waals surface area contributed by atoms with Crippen LogP contribution in [0, 0.1) is 6.92 Å². The molecule has 0 unspecified atom stereocenters. The highest BCUT2D eigenvalue weighted by Crippen LogP contribution is 2.30. The molecule has 2 amide bonds. The van der Waals surface area contributed by atoms with Gasteiger partial charge in [0.1, 0.15) is 5.70 Å². The molecule has 1 heterocycles. The summed E-state index contributed by atoms with van der Waals surface area (Å²) in [7, 11) is 0. The van der Waals surface area contributed by atoms with Crippen LogP contribution in [0.4, 0.5) is 0 Å². The standard InChI is InChI=1S/C29H26N2O3/c1-20-10-12-21(13-11-20)28(32)30-27(29(33)31-14-16-34-17-15-31)19-26-24-8-4-2-6-22(24)18-23-7-3-5-9-25(23)26/h2-13,18-19H,14-17H2,1H3,(H,30,32)/b27-19-. The number of carbonyl (C=O) groups excluding carboxylic acids is 2. The Morgan fingerprint density at radius 3 is 2.06 bits per heavy atom. The molecular weight excluding hydrogens is 424 g/mol. The predicted molar refractivity (Wildman–Crippen MR) is 135 cm³/mol. The van der Waals surface area contributed by atoms with Crippen molar-refractivity contribution < 1.29 is 14.3 Å². The van der Waals surface area contributed by atoms with Crippen molar-refractivity contribution in [2.45, 2.75) is 6.92 Å². The summed E-state index contributed by atoms with van der Waals surface area (Å²) in [6.07, 6.45) is 1.83. The van der Waals surface area contributed by atoms with Crippen molar-refractivity contribution in [3.8, 4) is 0 Å². The molecule has 5 heteroatoms. The van der Waals surface area contributed by atoms with Crippen molar-refractivity contribution in [2.75, 3.05) is 26.3 Å². The average molecular weight is 451 g/mol. The molecule has 0 spiro atoms. The number of benzene rings is 4. The van der Waals surface area contributed by atoms with E-state index in [-0.39, 0.29) is 17.5 Å². The summed E-state index contributed by atoms with van der Waals surface area (Å²) >= 11 is 0.